The Morgan fingerprint density at radius 2 is 1.53 bits per heavy atom. The van der Waals surface area contributed by atoms with Crippen molar-refractivity contribution in [2.45, 2.75) is 0 Å². The highest BCUT2D eigenvalue weighted by atomic mass is 127. The second-order valence-electron chi connectivity index (χ2n) is 6.09. The molecule has 0 atom stereocenters. The van der Waals surface area contributed by atoms with Gasteiger partial charge >= 0.3 is 0 Å². The molecule has 0 saturated carbocycles. The number of amides is 2. The van der Waals surface area contributed by atoms with Gasteiger partial charge in [0.1, 0.15) is 5.75 Å². The zero-order chi connectivity index (χ0) is 21.3. The van der Waals surface area contributed by atoms with Gasteiger partial charge in [-0.05, 0) is 58.6 Å². The molecule has 0 heterocycles. The molecule has 0 saturated heterocycles. The first kappa shape index (κ1) is 21.7. The summed E-state index contributed by atoms with van der Waals surface area (Å²) in [4.78, 5) is 24.3. The van der Waals surface area contributed by atoms with Crippen LogP contribution in [0.25, 0.3) is 11.1 Å². The Kier molecular flexibility index (Phi) is 7.75. The minimum Gasteiger partial charge on any atom is -0.483 e. The number of nitrogens with one attached hydrogen (secondary N) is 3. The van der Waals surface area contributed by atoms with Crippen molar-refractivity contribution in [3.05, 3.63) is 88.0 Å². The van der Waals surface area contributed by atoms with Gasteiger partial charge in [-0.25, -0.2) is 0 Å². The van der Waals surface area contributed by atoms with Gasteiger partial charge in [0.15, 0.2) is 11.7 Å². The molecule has 0 unspecified atom stereocenters. The van der Waals surface area contributed by atoms with Gasteiger partial charge in [0, 0.05) is 9.13 Å². The Bertz CT molecular complexity index is 1060. The summed E-state index contributed by atoms with van der Waals surface area (Å²) in [5.41, 5.74) is 7.29. The maximum atomic E-state index is 12.2. The van der Waals surface area contributed by atoms with E-state index in [9.17, 15) is 9.59 Å². The number of hydrogen-bond acceptors (Lipinski definition) is 4. The van der Waals surface area contributed by atoms with E-state index in [-0.39, 0.29) is 17.6 Å². The maximum Gasteiger partial charge on any atom is 0.276 e. The third-order valence-electron chi connectivity index (χ3n) is 3.99. The summed E-state index contributed by atoms with van der Waals surface area (Å²) in [6, 6.07) is 24.3. The van der Waals surface area contributed by atoms with Crippen LogP contribution < -0.4 is 20.9 Å². The highest BCUT2D eigenvalue weighted by molar-refractivity contribution is 14.1. The van der Waals surface area contributed by atoms with Crippen molar-refractivity contribution < 1.29 is 14.3 Å². The highest BCUT2D eigenvalue weighted by Crippen LogP contribution is 2.29. The predicted octanol–water partition coefficient (Wildman–Crippen LogP) is 3.67. The van der Waals surface area contributed by atoms with Crippen molar-refractivity contribution in [2.75, 3.05) is 6.61 Å². The smallest absolute Gasteiger partial charge is 0.276 e. The van der Waals surface area contributed by atoms with Crippen molar-refractivity contribution in [1.82, 2.24) is 16.2 Å². The monoisotopic (exact) mass is 531 g/mol. The Hall–Kier alpha value is -2.98. The van der Waals surface area contributed by atoms with E-state index in [4.69, 9.17) is 17.0 Å². The Morgan fingerprint density at radius 3 is 2.30 bits per heavy atom. The summed E-state index contributed by atoms with van der Waals surface area (Å²) in [6.45, 7) is -0.218. The third kappa shape index (κ3) is 6.01. The standard InChI is InChI=1S/C22H18IN3O3S/c23-18-12-6-4-11-17(18)21(28)24-22(30)26-25-20(27)14-29-19-13-7-5-10-16(19)15-8-2-1-3-9-15/h1-13H,14H2,(H,25,27)(H2,24,26,28,30). The van der Waals surface area contributed by atoms with E-state index in [2.05, 4.69) is 38.8 Å². The fraction of sp³-hybridized carbons (Fsp3) is 0.0455. The SMILES string of the molecule is O=C(COc1ccccc1-c1ccccc1)NNC(=S)NC(=O)c1ccccc1I. The zero-order valence-electron chi connectivity index (χ0n) is 15.7. The molecule has 3 aromatic carbocycles. The number of benzene rings is 3. The van der Waals surface area contributed by atoms with Gasteiger partial charge in [-0.1, -0.05) is 60.7 Å². The van der Waals surface area contributed by atoms with Gasteiger partial charge in [0.2, 0.25) is 0 Å². The average molecular weight is 531 g/mol. The largest absolute Gasteiger partial charge is 0.483 e. The predicted molar refractivity (Wildman–Crippen MR) is 128 cm³/mol. The van der Waals surface area contributed by atoms with Crippen LogP contribution in [0.1, 0.15) is 10.4 Å². The van der Waals surface area contributed by atoms with Crippen LogP contribution in [-0.4, -0.2) is 23.5 Å². The number of rotatable bonds is 5. The first-order valence-corrected chi connectivity index (χ1v) is 10.5. The number of carbonyl (C=O) groups excluding carboxylic acids is 2. The molecular weight excluding hydrogens is 513 g/mol. The molecule has 2 amide bonds. The van der Waals surface area contributed by atoms with E-state index < -0.39 is 5.91 Å². The van der Waals surface area contributed by atoms with Gasteiger partial charge in [-0.2, -0.15) is 0 Å². The molecule has 3 rings (SSSR count). The number of hydrazine groups is 1. The molecule has 0 aliphatic heterocycles. The van der Waals surface area contributed by atoms with Crippen LogP contribution in [-0.2, 0) is 4.79 Å². The van der Waals surface area contributed by atoms with Crippen LogP contribution in [0, 0.1) is 3.57 Å². The molecule has 30 heavy (non-hydrogen) atoms. The van der Waals surface area contributed by atoms with Crippen molar-refractivity contribution in [3.63, 3.8) is 0 Å². The van der Waals surface area contributed by atoms with Gasteiger partial charge in [0.25, 0.3) is 11.8 Å². The molecule has 3 aromatic rings. The van der Waals surface area contributed by atoms with E-state index in [1.165, 1.54) is 0 Å². The molecule has 0 aromatic heterocycles. The molecule has 0 radical (unpaired) electrons. The number of ether oxygens (including phenoxy) is 1. The van der Waals surface area contributed by atoms with E-state index in [1.807, 2.05) is 60.7 Å². The van der Waals surface area contributed by atoms with Crippen molar-refractivity contribution >= 4 is 51.7 Å². The van der Waals surface area contributed by atoms with E-state index in [0.29, 0.717) is 11.3 Å². The lowest BCUT2D eigenvalue weighted by Gasteiger charge is -2.13. The molecule has 0 bridgehead atoms. The second kappa shape index (κ2) is 10.7. The first-order chi connectivity index (χ1) is 14.5. The van der Waals surface area contributed by atoms with Crippen LogP contribution in [0.15, 0.2) is 78.9 Å². The van der Waals surface area contributed by atoms with Gasteiger partial charge in [0.05, 0.1) is 5.56 Å². The second-order valence-corrected chi connectivity index (χ2v) is 7.66. The van der Waals surface area contributed by atoms with Gasteiger partial charge < -0.3 is 4.74 Å². The van der Waals surface area contributed by atoms with Crippen molar-refractivity contribution in [1.29, 1.82) is 0 Å². The lowest BCUT2D eigenvalue weighted by molar-refractivity contribution is -0.123. The normalized spacial score (nSPS) is 10.0. The topological polar surface area (TPSA) is 79.5 Å². The molecule has 152 valence electrons. The van der Waals surface area contributed by atoms with Crippen LogP contribution >= 0.6 is 34.8 Å². The lowest BCUT2D eigenvalue weighted by Crippen LogP contribution is -2.49. The Morgan fingerprint density at radius 1 is 0.867 bits per heavy atom. The number of halogens is 1. The van der Waals surface area contributed by atoms with Crippen LogP contribution in [0.5, 0.6) is 5.75 Å². The minimum atomic E-state index is -0.441. The molecule has 6 nitrogen and oxygen atoms in total. The fourth-order valence-electron chi connectivity index (χ4n) is 2.60. The number of thiocarbonyl (C=S) groups is 1. The lowest BCUT2D eigenvalue weighted by atomic mass is 10.1. The highest BCUT2D eigenvalue weighted by Gasteiger charge is 2.12. The Labute approximate surface area is 193 Å². The van der Waals surface area contributed by atoms with Crippen LogP contribution in [0.2, 0.25) is 0 Å². The minimum absolute atomic E-state index is 0.0160. The maximum absolute atomic E-state index is 12.2. The Balaban J connectivity index is 1.50. The summed E-state index contributed by atoms with van der Waals surface area (Å²) in [5, 5.41) is 2.50. The summed E-state index contributed by atoms with van der Waals surface area (Å²) in [5.74, 6) is -0.211. The van der Waals surface area contributed by atoms with E-state index in [0.717, 1.165) is 14.7 Å². The van der Waals surface area contributed by atoms with Crippen LogP contribution in [0.4, 0.5) is 0 Å². The summed E-state index contributed by atoms with van der Waals surface area (Å²) < 4.78 is 6.46. The molecule has 0 aliphatic carbocycles. The van der Waals surface area contributed by atoms with Gasteiger partial charge in [-0.3, -0.25) is 25.8 Å². The molecule has 0 spiro atoms. The summed E-state index contributed by atoms with van der Waals surface area (Å²) >= 11 is 7.12. The zero-order valence-corrected chi connectivity index (χ0v) is 18.7. The van der Waals surface area contributed by atoms with Crippen molar-refractivity contribution in [3.8, 4) is 16.9 Å². The molecular formula is C22H18IN3O3S. The summed E-state index contributed by atoms with van der Waals surface area (Å²) in [7, 11) is 0. The van der Waals surface area contributed by atoms with Crippen LogP contribution in [0.3, 0.4) is 0 Å². The number of hydrogen-bond donors (Lipinski definition) is 3. The number of carbonyl (C=O) groups is 2. The van der Waals surface area contributed by atoms with Crippen molar-refractivity contribution in [2.24, 2.45) is 0 Å². The molecule has 0 fully saturated rings. The summed E-state index contributed by atoms with van der Waals surface area (Å²) in [6.07, 6.45) is 0. The molecule has 3 N–H and O–H groups in total. The quantitative estimate of drug-likeness (QED) is 0.266. The average Bonchev–Trinajstić information content (AvgIpc) is 2.77. The van der Waals surface area contributed by atoms with Gasteiger partial charge in [-0.15, -0.1) is 0 Å². The van der Waals surface area contributed by atoms with E-state index >= 15 is 0 Å². The molecule has 0 aliphatic rings. The number of para-hydroxylation sites is 1. The third-order valence-corrected chi connectivity index (χ3v) is 5.14. The first-order valence-electron chi connectivity index (χ1n) is 8.96. The fourth-order valence-corrected chi connectivity index (χ4v) is 3.38. The van der Waals surface area contributed by atoms with E-state index in [1.54, 1.807) is 18.2 Å². The molecule has 8 heteroatoms.